The number of nitrogens with zero attached hydrogens (tertiary/aromatic N) is 3. The number of hydrogen-bond donors (Lipinski definition) is 0. The van der Waals surface area contributed by atoms with Crippen molar-refractivity contribution >= 4 is 22.3 Å². The van der Waals surface area contributed by atoms with E-state index in [4.69, 9.17) is 4.74 Å². The molecule has 1 saturated heterocycles. The molecule has 1 atom stereocenters. The molecular weight excluding hydrogens is 314 g/mol. The third-order valence-corrected chi connectivity index (χ3v) is 5.08. The van der Waals surface area contributed by atoms with Crippen LogP contribution in [0, 0.1) is 0 Å². The molecular formula is C20H23N3O2. The quantitative estimate of drug-likeness (QED) is 0.843. The van der Waals surface area contributed by atoms with Gasteiger partial charge in [0.25, 0.3) is 5.91 Å². The van der Waals surface area contributed by atoms with Crippen molar-refractivity contribution in [2.45, 2.75) is 12.5 Å². The number of benzene rings is 1. The average molecular weight is 337 g/mol. The van der Waals surface area contributed by atoms with E-state index >= 15 is 0 Å². The summed E-state index contributed by atoms with van der Waals surface area (Å²) in [7, 11) is 2.03. The highest BCUT2D eigenvalue weighted by atomic mass is 16.5. The summed E-state index contributed by atoms with van der Waals surface area (Å²) >= 11 is 0. The molecule has 0 bridgehead atoms. The van der Waals surface area contributed by atoms with Crippen LogP contribution in [0.3, 0.4) is 0 Å². The van der Waals surface area contributed by atoms with Crippen molar-refractivity contribution in [1.82, 2.24) is 14.8 Å². The molecule has 3 heterocycles. The molecule has 5 heteroatoms. The molecule has 0 radical (unpaired) electrons. The summed E-state index contributed by atoms with van der Waals surface area (Å²) in [6.45, 7) is 3.57. The summed E-state index contributed by atoms with van der Waals surface area (Å²) in [6.07, 6.45) is 6.52. The fourth-order valence-corrected chi connectivity index (χ4v) is 3.62. The molecule has 0 N–H and O–H groups in total. The SMILES string of the molecule is CN1CCOC(C(=O)N2CC=C(c3cncc4ccccc34)CC2)C1. The molecule has 0 spiro atoms. The van der Waals surface area contributed by atoms with Crippen molar-refractivity contribution in [3.8, 4) is 0 Å². The van der Waals surface area contributed by atoms with Gasteiger partial charge in [-0.25, -0.2) is 0 Å². The van der Waals surface area contributed by atoms with E-state index in [0.717, 1.165) is 24.9 Å². The molecule has 0 aliphatic carbocycles. The summed E-state index contributed by atoms with van der Waals surface area (Å²) in [4.78, 5) is 21.1. The number of morpholine rings is 1. The molecule has 1 fully saturated rings. The predicted molar refractivity (Wildman–Crippen MR) is 98.2 cm³/mol. The summed E-state index contributed by atoms with van der Waals surface area (Å²) < 4.78 is 5.67. The van der Waals surface area contributed by atoms with Gasteiger partial charge in [0.05, 0.1) is 6.61 Å². The lowest BCUT2D eigenvalue weighted by Crippen LogP contribution is -2.50. The second kappa shape index (κ2) is 6.94. The maximum atomic E-state index is 12.7. The maximum Gasteiger partial charge on any atom is 0.253 e. The summed E-state index contributed by atoms with van der Waals surface area (Å²) in [5.74, 6) is 0.109. The van der Waals surface area contributed by atoms with E-state index in [1.165, 1.54) is 16.5 Å². The number of hydrogen-bond acceptors (Lipinski definition) is 4. The number of aromatic nitrogens is 1. The molecule has 2 aliphatic heterocycles. The minimum absolute atomic E-state index is 0.109. The van der Waals surface area contributed by atoms with Crippen molar-refractivity contribution in [2.24, 2.45) is 0 Å². The Morgan fingerprint density at radius 1 is 1.24 bits per heavy atom. The second-order valence-corrected chi connectivity index (χ2v) is 6.79. The first kappa shape index (κ1) is 16.2. The number of carbonyl (C=O) groups is 1. The first-order valence-corrected chi connectivity index (χ1v) is 8.83. The normalized spacial score (nSPS) is 22.0. The van der Waals surface area contributed by atoms with Crippen LogP contribution in [0.4, 0.5) is 0 Å². The standard InChI is InChI=1S/C20H23N3O2/c1-22-10-11-25-19(14-22)20(24)23-8-6-15(7-9-23)18-13-21-12-16-4-2-3-5-17(16)18/h2-6,12-13,19H,7-11,14H2,1H3. The Kier molecular flexibility index (Phi) is 4.51. The number of likely N-dealkylation sites (N-methyl/N-ethyl adjacent to an activating group) is 1. The molecule has 130 valence electrons. The van der Waals surface area contributed by atoms with Crippen LogP contribution < -0.4 is 0 Å². The zero-order chi connectivity index (χ0) is 17.2. The summed E-state index contributed by atoms with van der Waals surface area (Å²) in [5.41, 5.74) is 2.45. The summed E-state index contributed by atoms with van der Waals surface area (Å²) in [6, 6.07) is 8.31. The highest BCUT2D eigenvalue weighted by molar-refractivity contribution is 5.93. The van der Waals surface area contributed by atoms with Crippen molar-refractivity contribution in [3.05, 3.63) is 48.3 Å². The maximum absolute atomic E-state index is 12.7. The Hall–Kier alpha value is -2.24. The van der Waals surface area contributed by atoms with Gasteiger partial charge in [0.2, 0.25) is 0 Å². The highest BCUT2D eigenvalue weighted by Crippen LogP contribution is 2.28. The van der Waals surface area contributed by atoms with Crippen molar-refractivity contribution in [1.29, 1.82) is 0 Å². The summed E-state index contributed by atoms with van der Waals surface area (Å²) in [5, 5.41) is 2.37. The highest BCUT2D eigenvalue weighted by Gasteiger charge is 2.29. The number of amides is 1. The topological polar surface area (TPSA) is 45.7 Å². The number of fused-ring (bicyclic) bond motifs is 1. The van der Waals surface area contributed by atoms with E-state index in [2.05, 4.69) is 34.2 Å². The molecule has 1 aromatic heterocycles. The lowest BCUT2D eigenvalue weighted by molar-refractivity contribution is -0.148. The van der Waals surface area contributed by atoms with Crippen LogP contribution >= 0.6 is 0 Å². The van der Waals surface area contributed by atoms with Crippen LogP contribution in [-0.2, 0) is 9.53 Å². The average Bonchev–Trinajstić information content (AvgIpc) is 2.67. The van der Waals surface area contributed by atoms with E-state index in [1.54, 1.807) is 0 Å². The van der Waals surface area contributed by atoms with Crippen molar-refractivity contribution in [2.75, 3.05) is 39.8 Å². The smallest absolute Gasteiger partial charge is 0.253 e. The first-order valence-electron chi connectivity index (χ1n) is 8.83. The van der Waals surface area contributed by atoms with E-state index in [-0.39, 0.29) is 12.0 Å². The van der Waals surface area contributed by atoms with Gasteiger partial charge in [-0.3, -0.25) is 9.78 Å². The number of pyridine rings is 1. The lowest BCUT2D eigenvalue weighted by atomic mass is 9.96. The minimum atomic E-state index is -0.326. The van der Waals surface area contributed by atoms with Gasteiger partial charge in [0, 0.05) is 49.5 Å². The number of carbonyl (C=O) groups excluding carboxylic acids is 1. The molecule has 2 aromatic rings. The van der Waals surface area contributed by atoms with E-state index in [9.17, 15) is 4.79 Å². The molecule has 25 heavy (non-hydrogen) atoms. The number of ether oxygens (including phenoxy) is 1. The minimum Gasteiger partial charge on any atom is -0.366 e. The lowest BCUT2D eigenvalue weighted by Gasteiger charge is -2.34. The van der Waals surface area contributed by atoms with Crippen LogP contribution in [0.1, 0.15) is 12.0 Å². The van der Waals surface area contributed by atoms with Crippen LogP contribution in [0.5, 0.6) is 0 Å². The largest absolute Gasteiger partial charge is 0.366 e. The Labute approximate surface area is 147 Å². The van der Waals surface area contributed by atoms with E-state index < -0.39 is 0 Å². The van der Waals surface area contributed by atoms with Crippen molar-refractivity contribution in [3.63, 3.8) is 0 Å². The van der Waals surface area contributed by atoms with E-state index in [1.807, 2.05) is 30.4 Å². The third-order valence-electron chi connectivity index (χ3n) is 5.08. The zero-order valence-electron chi connectivity index (χ0n) is 14.5. The molecule has 5 nitrogen and oxygen atoms in total. The molecule has 4 rings (SSSR count). The Morgan fingerprint density at radius 3 is 2.92 bits per heavy atom. The fourth-order valence-electron chi connectivity index (χ4n) is 3.62. The molecule has 1 amide bonds. The third kappa shape index (κ3) is 3.30. The van der Waals surface area contributed by atoms with E-state index in [0.29, 0.717) is 19.7 Å². The fraction of sp³-hybridized carbons (Fsp3) is 0.400. The van der Waals surface area contributed by atoms with Gasteiger partial charge in [0.15, 0.2) is 0 Å². The van der Waals surface area contributed by atoms with Gasteiger partial charge < -0.3 is 14.5 Å². The molecule has 0 saturated carbocycles. The van der Waals surface area contributed by atoms with Gasteiger partial charge >= 0.3 is 0 Å². The van der Waals surface area contributed by atoms with Gasteiger partial charge in [-0.2, -0.15) is 0 Å². The molecule has 1 aromatic carbocycles. The predicted octanol–water partition coefficient (Wildman–Crippen LogP) is 2.18. The zero-order valence-corrected chi connectivity index (χ0v) is 14.5. The Balaban J connectivity index is 1.51. The van der Waals surface area contributed by atoms with Gasteiger partial charge in [-0.1, -0.05) is 30.3 Å². The Morgan fingerprint density at radius 2 is 2.12 bits per heavy atom. The molecule has 1 unspecified atom stereocenters. The van der Waals surface area contributed by atoms with Crippen LogP contribution in [0.2, 0.25) is 0 Å². The number of rotatable bonds is 2. The van der Waals surface area contributed by atoms with Crippen molar-refractivity contribution < 1.29 is 9.53 Å². The molecule has 2 aliphatic rings. The Bertz CT molecular complexity index is 812. The van der Waals surface area contributed by atoms with Crippen LogP contribution in [0.25, 0.3) is 16.3 Å². The van der Waals surface area contributed by atoms with Gasteiger partial charge in [-0.05, 0) is 24.4 Å². The van der Waals surface area contributed by atoms with Gasteiger partial charge in [-0.15, -0.1) is 0 Å². The van der Waals surface area contributed by atoms with Crippen LogP contribution in [0.15, 0.2) is 42.7 Å². The van der Waals surface area contributed by atoms with Gasteiger partial charge in [0.1, 0.15) is 6.10 Å². The van der Waals surface area contributed by atoms with Crippen LogP contribution in [-0.4, -0.2) is 66.6 Å². The monoisotopic (exact) mass is 337 g/mol. The second-order valence-electron chi connectivity index (χ2n) is 6.79. The first-order chi connectivity index (χ1) is 12.2.